The summed E-state index contributed by atoms with van der Waals surface area (Å²) in [6.07, 6.45) is 0. The van der Waals surface area contributed by atoms with E-state index in [0.717, 1.165) is 12.1 Å². The maximum absolute atomic E-state index is 12.2. The van der Waals surface area contributed by atoms with Gasteiger partial charge in [-0.15, -0.1) is 0 Å². The van der Waals surface area contributed by atoms with Gasteiger partial charge in [0.2, 0.25) is 0 Å². The first-order valence-corrected chi connectivity index (χ1v) is 2.44. The summed E-state index contributed by atoms with van der Waals surface area (Å²) < 4.78 is 12.2. The minimum atomic E-state index is -0.649. The summed E-state index contributed by atoms with van der Waals surface area (Å²) in [5.41, 5.74) is 0.355. The minimum Gasteiger partial charge on any atom is -0.870 e. The molecule has 0 radical (unpaired) electrons. The van der Waals surface area contributed by atoms with Gasteiger partial charge in [0.05, 0.1) is 0 Å². The number of aromatic hydroxyl groups is 1. The number of phenols is 1. The van der Waals surface area contributed by atoms with Gasteiger partial charge in [0.25, 0.3) is 0 Å². The van der Waals surface area contributed by atoms with Crippen LogP contribution >= 0.6 is 0 Å². The average Bonchev–Trinajstić information content (AvgIpc) is 1.80. The Kier molecular flexibility index (Phi) is 5.39. The molecule has 1 aromatic rings. The molecule has 0 amide bonds. The molecular formula is C6H6BFO3. The van der Waals surface area contributed by atoms with Crippen LogP contribution < -0.4 is 5.46 Å². The van der Waals surface area contributed by atoms with Crippen molar-refractivity contribution in [3.8, 4) is 5.75 Å². The van der Waals surface area contributed by atoms with Gasteiger partial charge in [-0.2, -0.15) is 0 Å². The molecule has 0 aliphatic rings. The molecule has 5 heteroatoms. The fourth-order valence-corrected chi connectivity index (χ4v) is 0.530. The largest absolute Gasteiger partial charge is 0.870 e. The van der Waals surface area contributed by atoms with Crippen LogP contribution in [-0.4, -0.2) is 23.9 Å². The van der Waals surface area contributed by atoms with Gasteiger partial charge < -0.3 is 11.0 Å². The molecule has 0 saturated carbocycles. The Morgan fingerprint density at radius 2 is 1.82 bits per heavy atom. The van der Waals surface area contributed by atoms with E-state index in [1.807, 2.05) is 0 Å². The van der Waals surface area contributed by atoms with Crippen molar-refractivity contribution in [2.24, 2.45) is 0 Å². The molecule has 58 valence electrons. The van der Waals surface area contributed by atoms with Crippen LogP contribution in [0.15, 0.2) is 18.2 Å². The zero-order valence-corrected chi connectivity index (χ0v) is 5.53. The van der Waals surface area contributed by atoms with Gasteiger partial charge in [-0.05, 0) is 0 Å². The van der Waals surface area contributed by atoms with Gasteiger partial charge in [-0.1, -0.05) is 0 Å². The minimum absolute atomic E-state index is 0. The zero-order valence-electron chi connectivity index (χ0n) is 5.53. The number of halogens is 1. The molecule has 0 aliphatic carbocycles. The van der Waals surface area contributed by atoms with E-state index in [-0.39, 0.29) is 11.0 Å². The summed E-state index contributed by atoms with van der Waals surface area (Å²) in [6, 6.07) is 3.66. The standard InChI is InChI=1S/C6H4BFO.2H2O/c7-4-1-2-5(8)6(9)3-4;;/h1-3,9H;2*1H2/q+2;;/p-2. The summed E-state index contributed by atoms with van der Waals surface area (Å²) in [4.78, 5) is 0. The number of phenolic OH excluding ortho intramolecular Hbond substituents is 1. The SMILES string of the molecule is [B+2]c1ccc(F)c(O)c1.[OH-].[OH-]. The Balaban J connectivity index is 0. The molecule has 11 heavy (non-hydrogen) atoms. The van der Waals surface area contributed by atoms with Crippen LogP contribution in [0, 0.1) is 5.82 Å². The molecule has 0 saturated heterocycles. The average molecular weight is 156 g/mol. The fourth-order valence-electron chi connectivity index (χ4n) is 0.530. The van der Waals surface area contributed by atoms with E-state index in [2.05, 4.69) is 0 Å². The number of rotatable bonds is 0. The van der Waals surface area contributed by atoms with E-state index < -0.39 is 11.6 Å². The Morgan fingerprint density at radius 1 is 1.27 bits per heavy atom. The topological polar surface area (TPSA) is 80.2 Å². The molecule has 0 heterocycles. The van der Waals surface area contributed by atoms with Crippen molar-refractivity contribution in [1.29, 1.82) is 0 Å². The predicted molar refractivity (Wildman–Crippen MR) is 37.3 cm³/mol. The first-order valence-electron chi connectivity index (χ1n) is 2.44. The fraction of sp³-hybridized carbons (Fsp3) is 0. The Labute approximate surface area is 64.5 Å². The van der Waals surface area contributed by atoms with Crippen molar-refractivity contribution in [2.75, 3.05) is 0 Å². The van der Waals surface area contributed by atoms with Gasteiger partial charge in [0.1, 0.15) is 0 Å². The van der Waals surface area contributed by atoms with E-state index in [1.165, 1.54) is 6.07 Å². The van der Waals surface area contributed by atoms with Crippen LogP contribution in [0.1, 0.15) is 0 Å². The summed E-state index contributed by atoms with van der Waals surface area (Å²) in [5.74, 6) is -1.06. The first kappa shape index (κ1) is 12.6. The third-order valence-electron chi connectivity index (χ3n) is 0.970. The van der Waals surface area contributed by atoms with Gasteiger partial charge in [-0.25, -0.2) is 0 Å². The quantitative estimate of drug-likeness (QED) is 0.535. The maximum atomic E-state index is 12.2. The third-order valence-corrected chi connectivity index (χ3v) is 0.970. The van der Waals surface area contributed by atoms with Crippen LogP contribution in [-0.2, 0) is 0 Å². The van der Waals surface area contributed by atoms with Crippen molar-refractivity contribution >= 4 is 13.3 Å². The molecule has 1 aromatic carbocycles. The second kappa shape index (κ2) is 4.70. The molecule has 0 atom stereocenters. The Hall–Kier alpha value is -1.07. The van der Waals surface area contributed by atoms with E-state index >= 15 is 0 Å². The van der Waals surface area contributed by atoms with Crippen molar-refractivity contribution in [1.82, 2.24) is 0 Å². The van der Waals surface area contributed by atoms with Gasteiger partial charge in [-0.3, -0.25) is 0 Å². The van der Waals surface area contributed by atoms with Crippen LogP contribution in [0.2, 0.25) is 0 Å². The molecule has 0 unspecified atom stereocenters. The molecule has 0 aromatic heterocycles. The van der Waals surface area contributed by atoms with E-state index in [9.17, 15) is 4.39 Å². The summed E-state index contributed by atoms with van der Waals surface area (Å²) in [6.45, 7) is 0. The van der Waals surface area contributed by atoms with Crippen LogP contribution in [0.3, 0.4) is 0 Å². The van der Waals surface area contributed by atoms with Gasteiger partial charge >= 0.3 is 52.6 Å². The molecule has 3 nitrogen and oxygen atoms in total. The second-order valence-electron chi connectivity index (χ2n) is 1.71. The Morgan fingerprint density at radius 3 is 2.18 bits per heavy atom. The van der Waals surface area contributed by atoms with Gasteiger partial charge in [0, 0.05) is 0 Å². The van der Waals surface area contributed by atoms with E-state index in [4.69, 9.17) is 13.0 Å². The predicted octanol–water partition coefficient (Wildman–Crippen LogP) is -0.0285. The van der Waals surface area contributed by atoms with Crippen molar-refractivity contribution in [3.63, 3.8) is 0 Å². The van der Waals surface area contributed by atoms with Crippen molar-refractivity contribution in [2.45, 2.75) is 0 Å². The molecule has 0 aliphatic heterocycles. The van der Waals surface area contributed by atoms with Gasteiger partial charge in [0.15, 0.2) is 0 Å². The van der Waals surface area contributed by atoms with Crippen LogP contribution in [0.5, 0.6) is 5.75 Å². The van der Waals surface area contributed by atoms with Crippen molar-refractivity contribution < 1.29 is 20.4 Å². The molecule has 0 spiro atoms. The van der Waals surface area contributed by atoms with Crippen LogP contribution in [0.25, 0.3) is 0 Å². The zero-order chi connectivity index (χ0) is 6.85. The first-order chi connectivity index (χ1) is 4.20. The molecule has 3 N–H and O–H groups in total. The monoisotopic (exact) mass is 156 g/mol. The molecular weight excluding hydrogens is 150 g/mol. The molecule has 0 bridgehead atoms. The second-order valence-corrected chi connectivity index (χ2v) is 1.71. The summed E-state index contributed by atoms with van der Waals surface area (Å²) in [5, 5.41) is 8.65. The molecule has 1 rings (SSSR count). The normalized spacial score (nSPS) is 7.91. The van der Waals surface area contributed by atoms with Crippen LogP contribution in [0.4, 0.5) is 4.39 Å². The molecule has 0 fully saturated rings. The number of benzene rings is 1. The smallest absolute Gasteiger partial charge is 0.870 e. The number of hydrogen-bond acceptors (Lipinski definition) is 3. The summed E-state index contributed by atoms with van der Waals surface area (Å²) in [7, 11) is 5.20. The maximum Gasteiger partial charge on any atom is -0.870 e. The third kappa shape index (κ3) is 3.02. The van der Waals surface area contributed by atoms with E-state index in [1.54, 1.807) is 0 Å². The number of hydrogen-bond donors (Lipinski definition) is 1. The van der Waals surface area contributed by atoms with E-state index in [0.29, 0.717) is 5.46 Å². The van der Waals surface area contributed by atoms with Crippen molar-refractivity contribution in [3.05, 3.63) is 24.0 Å². The summed E-state index contributed by atoms with van der Waals surface area (Å²) >= 11 is 0. The Bertz CT molecular complexity index is 229.